The number of benzene rings is 2. The van der Waals surface area contributed by atoms with E-state index in [1.165, 1.54) is 0 Å². The van der Waals surface area contributed by atoms with Crippen LogP contribution in [0.15, 0.2) is 48.5 Å². The van der Waals surface area contributed by atoms with E-state index in [-0.39, 0.29) is 23.6 Å². The van der Waals surface area contributed by atoms with Crippen molar-refractivity contribution in [2.45, 2.75) is 39.7 Å². The predicted octanol–water partition coefficient (Wildman–Crippen LogP) is 4.07. The van der Waals surface area contributed by atoms with Crippen LogP contribution in [0.2, 0.25) is 5.02 Å². The normalized spacial score (nSPS) is 15.2. The molecule has 1 aliphatic heterocycles. The number of carbonyl (C=O) groups is 3. The van der Waals surface area contributed by atoms with Crippen LogP contribution in [0.3, 0.4) is 0 Å². The molecule has 33 heavy (non-hydrogen) atoms. The Labute approximate surface area is 200 Å². The number of carbonyl (C=O) groups excluding carboxylic acids is 3. The van der Waals surface area contributed by atoms with E-state index in [1.54, 1.807) is 24.3 Å². The number of hydrogen-bond donors (Lipinski definition) is 2. The van der Waals surface area contributed by atoms with Crippen LogP contribution in [0.5, 0.6) is 0 Å². The van der Waals surface area contributed by atoms with Gasteiger partial charge >= 0.3 is 0 Å². The van der Waals surface area contributed by atoms with Crippen LogP contribution in [0.25, 0.3) is 0 Å². The highest BCUT2D eigenvalue weighted by atomic mass is 35.5. The minimum absolute atomic E-state index is 0.00522. The van der Waals surface area contributed by atoms with Gasteiger partial charge in [-0.1, -0.05) is 55.3 Å². The summed E-state index contributed by atoms with van der Waals surface area (Å²) in [7, 11) is 0. The molecule has 2 aromatic rings. The highest BCUT2D eigenvalue weighted by molar-refractivity contribution is 6.33. The second kappa shape index (κ2) is 11.3. The molecule has 1 aliphatic rings. The van der Waals surface area contributed by atoms with Gasteiger partial charge in [0.25, 0.3) is 11.8 Å². The maximum absolute atomic E-state index is 13.0. The van der Waals surface area contributed by atoms with Gasteiger partial charge in [0, 0.05) is 25.2 Å². The van der Waals surface area contributed by atoms with Crippen molar-refractivity contribution in [2.75, 3.05) is 19.6 Å². The third-order valence-corrected chi connectivity index (χ3v) is 6.30. The number of hydrogen-bond acceptors (Lipinski definition) is 3. The molecule has 2 aromatic carbocycles. The van der Waals surface area contributed by atoms with Gasteiger partial charge in [0.05, 0.1) is 10.6 Å². The van der Waals surface area contributed by atoms with Crippen molar-refractivity contribution in [1.82, 2.24) is 15.5 Å². The molecule has 0 bridgehead atoms. The molecule has 176 valence electrons. The summed E-state index contributed by atoms with van der Waals surface area (Å²) in [6.07, 6.45) is 1.25. The van der Waals surface area contributed by atoms with Crippen molar-refractivity contribution in [3.05, 3.63) is 70.2 Å². The van der Waals surface area contributed by atoms with E-state index in [4.69, 9.17) is 11.6 Å². The smallest absolute Gasteiger partial charge is 0.253 e. The van der Waals surface area contributed by atoms with Gasteiger partial charge in [-0.05, 0) is 55.9 Å². The Morgan fingerprint density at radius 3 is 2.27 bits per heavy atom. The lowest BCUT2D eigenvalue weighted by atomic mass is 9.88. The second-order valence-electron chi connectivity index (χ2n) is 9.07. The first kappa shape index (κ1) is 24.8. The molecule has 1 fully saturated rings. The predicted molar refractivity (Wildman–Crippen MR) is 130 cm³/mol. The molecule has 0 radical (unpaired) electrons. The minimum Gasteiger partial charge on any atom is -0.354 e. The third kappa shape index (κ3) is 6.57. The fourth-order valence-corrected chi connectivity index (χ4v) is 4.21. The lowest BCUT2D eigenvalue weighted by Gasteiger charge is -2.36. The van der Waals surface area contributed by atoms with E-state index in [0.717, 1.165) is 5.56 Å². The van der Waals surface area contributed by atoms with E-state index in [0.29, 0.717) is 54.5 Å². The minimum atomic E-state index is -0.691. The van der Waals surface area contributed by atoms with Gasteiger partial charge in [0.2, 0.25) is 5.91 Å². The van der Waals surface area contributed by atoms with Crippen LogP contribution in [-0.2, 0) is 4.79 Å². The van der Waals surface area contributed by atoms with Gasteiger partial charge in [-0.2, -0.15) is 0 Å². The van der Waals surface area contributed by atoms with E-state index in [9.17, 15) is 14.4 Å². The maximum atomic E-state index is 13.0. The zero-order chi connectivity index (χ0) is 24.0. The first-order valence-corrected chi connectivity index (χ1v) is 11.8. The lowest BCUT2D eigenvalue weighted by Crippen LogP contribution is -2.54. The Morgan fingerprint density at radius 1 is 1.03 bits per heavy atom. The summed E-state index contributed by atoms with van der Waals surface area (Å²) in [6.45, 7) is 7.63. The molecule has 0 aliphatic carbocycles. The summed E-state index contributed by atoms with van der Waals surface area (Å²) < 4.78 is 0. The number of halogens is 1. The standard InChI is InChI=1S/C26H32ClN3O3/c1-17(2)16-28-25(32)23(29-24(31)21-6-4-5-7-22(21)27)19-12-14-30(15-13-19)26(33)20-10-8-18(3)9-11-20/h4-11,17,19,23H,12-16H2,1-3H3,(H,28,32)(H,29,31)/t23-/m0/s1. The topological polar surface area (TPSA) is 78.5 Å². The van der Waals surface area contributed by atoms with Crippen molar-refractivity contribution >= 4 is 29.3 Å². The Hall–Kier alpha value is -2.86. The van der Waals surface area contributed by atoms with Crippen LogP contribution in [0.1, 0.15) is 53.0 Å². The number of nitrogens with one attached hydrogen (secondary N) is 2. The van der Waals surface area contributed by atoms with Gasteiger partial charge in [0.15, 0.2) is 0 Å². The van der Waals surface area contributed by atoms with Crippen molar-refractivity contribution in [3.8, 4) is 0 Å². The third-order valence-electron chi connectivity index (χ3n) is 5.97. The summed E-state index contributed by atoms with van der Waals surface area (Å²) in [5.41, 5.74) is 2.11. The van der Waals surface area contributed by atoms with Crippen LogP contribution in [-0.4, -0.2) is 48.3 Å². The average Bonchev–Trinajstić information content (AvgIpc) is 2.81. The van der Waals surface area contributed by atoms with Gasteiger partial charge in [0.1, 0.15) is 6.04 Å². The maximum Gasteiger partial charge on any atom is 0.253 e. The van der Waals surface area contributed by atoms with Crippen LogP contribution in [0, 0.1) is 18.8 Å². The number of nitrogens with zero attached hydrogens (tertiary/aromatic N) is 1. The lowest BCUT2D eigenvalue weighted by molar-refractivity contribution is -0.124. The summed E-state index contributed by atoms with van der Waals surface area (Å²) in [4.78, 5) is 40.6. The fraction of sp³-hybridized carbons (Fsp3) is 0.423. The Bertz CT molecular complexity index is 983. The monoisotopic (exact) mass is 469 g/mol. The van der Waals surface area contributed by atoms with Crippen LogP contribution >= 0.6 is 11.6 Å². The molecular formula is C26H32ClN3O3. The average molecular weight is 470 g/mol. The molecule has 3 rings (SSSR count). The summed E-state index contributed by atoms with van der Waals surface area (Å²) in [5, 5.41) is 6.20. The molecule has 0 saturated carbocycles. The van der Waals surface area contributed by atoms with Crippen LogP contribution < -0.4 is 10.6 Å². The van der Waals surface area contributed by atoms with E-state index in [2.05, 4.69) is 10.6 Å². The molecular weight excluding hydrogens is 438 g/mol. The largest absolute Gasteiger partial charge is 0.354 e. The first-order chi connectivity index (χ1) is 15.8. The summed E-state index contributed by atoms with van der Waals surface area (Å²) in [6, 6.07) is 13.6. The summed E-state index contributed by atoms with van der Waals surface area (Å²) in [5.74, 6) is -0.362. The number of likely N-dealkylation sites (tertiary alicyclic amines) is 1. The van der Waals surface area contributed by atoms with Crippen molar-refractivity contribution in [2.24, 2.45) is 11.8 Å². The number of rotatable bonds is 7. The quantitative estimate of drug-likeness (QED) is 0.641. The molecule has 1 atom stereocenters. The van der Waals surface area contributed by atoms with Gasteiger partial charge in [-0.3, -0.25) is 14.4 Å². The van der Waals surface area contributed by atoms with Gasteiger partial charge in [-0.25, -0.2) is 0 Å². The highest BCUT2D eigenvalue weighted by Gasteiger charge is 2.34. The highest BCUT2D eigenvalue weighted by Crippen LogP contribution is 2.24. The Morgan fingerprint density at radius 2 is 1.67 bits per heavy atom. The Balaban J connectivity index is 1.69. The molecule has 6 nitrogen and oxygen atoms in total. The first-order valence-electron chi connectivity index (χ1n) is 11.4. The molecule has 0 spiro atoms. The van der Waals surface area contributed by atoms with Crippen molar-refractivity contribution in [3.63, 3.8) is 0 Å². The molecule has 1 heterocycles. The zero-order valence-electron chi connectivity index (χ0n) is 19.4. The number of amides is 3. The van der Waals surface area contributed by atoms with Crippen molar-refractivity contribution < 1.29 is 14.4 Å². The second-order valence-corrected chi connectivity index (χ2v) is 9.47. The molecule has 0 aromatic heterocycles. The Kier molecular flexibility index (Phi) is 8.50. The molecule has 1 saturated heterocycles. The van der Waals surface area contributed by atoms with Crippen molar-refractivity contribution in [1.29, 1.82) is 0 Å². The van der Waals surface area contributed by atoms with Gasteiger partial charge in [-0.15, -0.1) is 0 Å². The zero-order valence-corrected chi connectivity index (χ0v) is 20.2. The van der Waals surface area contributed by atoms with E-state index < -0.39 is 6.04 Å². The molecule has 3 amide bonds. The number of piperidine rings is 1. The summed E-state index contributed by atoms with van der Waals surface area (Å²) >= 11 is 6.19. The SMILES string of the molecule is Cc1ccc(C(=O)N2CCC([C@H](NC(=O)c3ccccc3Cl)C(=O)NCC(C)C)CC2)cc1. The molecule has 2 N–H and O–H groups in total. The van der Waals surface area contributed by atoms with Crippen LogP contribution in [0.4, 0.5) is 0 Å². The molecule has 0 unspecified atom stereocenters. The van der Waals surface area contributed by atoms with E-state index >= 15 is 0 Å². The fourth-order valence-electron chi connectivity index (χ4n) is 3.99. The molecule has 7 heteroatoms. The van der Waals surface area contributed by atoms with E-state index in [1.807, 2.05) is 49.9 Å². The number of aryl methyl sites for hydroxylation is 1. The van der Waals surface area contributed by atoms with Gasteiger partial charge < -0.3 is 15.5 Å².